The summed E-state index contributed by atoms with van der Waals surface area (Å²) in [7, 11) is 0. The zero-order valence-corrected chi connectivity index (χ0v) is 16.6. The van der Waals surface area contributed by atoms with Crippen molar-refractivity contribution in [3.8, 4) is 11.1 Å². The molecule has 4 rings (SSSR count). The standard InChI is InChI=1S/C25H24FNO3/c26-18-12-10-16(11-13-18)24-20-5-1-2-6-22(20)27-25(17-8-9-17)21(24)15-14-19(28)4-3-7-23(29)30/h1-2,5-6,10-15,17,19,28H,3-4,7-9H2,(H,29,30)/b15-14+/t19-/m0/s1. The molecule has 1 aromatic heterocycles. The number of nitrogens with zero attached hydrogens (tertiary/aromatic N) is 1. The van der Waals surface area contributed by atoms with Gasteiger partial charge in [0.05, 0.1) is 17.3 Å². The molecule has 0 saturated heterocycles. The number of aliphatic hydroxyl groups is 1. The Morgan fingerprint density at radius 3 is 2.60 bits per heavy atom. The van der Waals surface area contributed by atoms with Gasteiger partial charge in [0.2, 0.25) is 0 Å². The van der Waals surface area contributed by atoms with Gasteiger partial charge in [-0.3, -0.25) is 9.78 Å². The summed E-state index contributed by atoms with van der Waals surface area (Å²) in [5.74, 6) is -0.761. The summed E-state index contributed by atoms with van der Waals surface area (Å²) in [5, 5.41) is 20.1. The number of aliphatic carboxylic acids is 1. The monoisotopic (exact) mass is 405 g/mol. The topological polar surface area (TPSA) is 70.4 Å². The first-order valence-electron chi connectivity index (χ1n) is 10.3. The predicted octanol–water partition coefficient (Wildman–Crippen LogP) is 5.55. The predicted molar refractivity (Wildman–Crippen MR) is 116 cm³/mol. The second kappa shape index (κ2) is 8.76. The van der Waals surface area contributed by atoms with E-state index in [2.05, 4.69) is 0 Å². The van der Waals surface area contributed by atoms with Crippen molar-refractivity contribution in [2.45, 2.75) is 44.1 Å². The first-order chi connectivity index (χ1) is 14.5. The molecule has 0 unspecified atom stereocenters. The summed E-state index contributed by atoms with van der Waals surface area (Å²) in [6.45, 7) is 0. The Hall–Kier alpha value is -3.05. The van der Waals surface area contributed by atoms with Gasteiger partial charge in [0.25, 0.3) is 0 Å². The zero-order chi connectivity index (χ0) is 21.1. The van der Waals surface area contributed by atoms with E-state index >= 15 is 0 Å². The van der Waals surface area contributed by atoms with Crippen LogP contribution in [0.25, 0.3) is 28.1 Å². The molecule has 0 radical (unpaired) electrons. The van der Waals surface area contributed by atoms with Crippen LogP contribution < -0.4 is 0 Å². The molecule has 1 fully saturated rings. The fraction of sp³-hybridized carbons (Fsp3) is 0.280. The molecule has 1 saturated carbocycles. The molecule has 0 spiro atoms. The molecule has 30 heavy (non-hydrogen) atoms. The third-order valence-electron chi connectivity index (χ3n) is 5.43. The zero-order valence-electron chi connectivity index (χ0n) is 16.6. The van der Waals surface area contributed by atoms with Gasteiger partial charge in [-0.05, 0) is 49.4 Å². The lowest BCUT2D eigenvalue weighted by atomic mass is 9.92. The van der Waals surface area contributed by atoms with Gasteiger partial charge in [0, 0.05) is 28.9 Å². The summed E-state index contributed by atoms with van der Waals surface area (Å²) < 4.78 is 13.6. The fourth-order valence-electron chi connectivity index (χ4n) is 3.78. The van der Waals surface area contributed by atoms with Crippen molar-refractivity contribution >= 4 is 22.9 Å². The van der Waals surface area contributed by atoms with Gasteiger partial charge in [-0.25, -0.2) is 4.39 Å². The number of hydrogen-bond donors (Lipinski definition) is 2. The van der Waals surface area contributed by atoms with Crippen molar-refractivity contribution in [2.24, 2.45) is 0 Å². The number of aliphatic hydroxyl groups excluding tert-OH is 1. The Bertz CT molecular complexity index is 1090. The summed E-state index contributed by atoms with van der Waals surface area (Å²) in [6.07, 6.45) is 5.88. The first-order valence-corrected chi connectivity index (χ1v) is 10.3. The molecular formula is C25H24FNO3. The van der Waals surface area contributed by atoms with E-state index < -0.39 is 12.1 Å². The van der Waals surface area contributed by atoms with Gasteiger partial charge in [0.1, 0.15) is 5.82 Å². The summed E-state index contributed by atoms with van der Waals surface area (Å²) in [5.41, 5.74) is 4.73. The molecule has 1 aliphatic rings. The van der Waals surface area contributed by atoms with Crippen LogP contribution in [0.5, 0.6) is 0 Å². The number of carboxylic acid groups (broad SMARTS) is 1. The molecule has 1 aliphatic carbocycles. The minimum Gasteiger partial charge on any atom is -0.481 e. The maximum atomic E-state index is 13.6. The smallest absolute Gasteiger partial charge is 0.303 e. The molecule has 0 bridgehead atoms. The van der Waals surface area contributed by atoms with Gasteiger partial charge in [0.15, 0.2) is 0 Å². The van der Waals surface area contributed by atoms with E-state index in [1.807, 2.05) is 30.3 Å². The van der Waals surface area contributed by atoms with Crippen molar-refractivity contribution in [3.63, 3.8) is 0 Å². The lowest BCUT2D eigenvalue weighted by Gasteiger charge is -2.16. The molecule has 2 N–H and O–H groups in total. The Morgan fingerprint density at radius 2 is 1.90 bits per heavy atom. The van der Waals surface area contributed by atoms with Crippen LogP contribution in [0.3, 0.4) is 0 Å². The summed E-state index contributed by atoms with van der Waals surface area (Å²) in [4.78, 5) is 15.6. The average molecular weight is 405 g/mol. The highest BCUT2D eigenvalue weighted by Gasteiger charge is 2.29. The highest BCUT2D eigenvalue weighted by molar-refractivity contribution is 5.99. The van der Waals surface area contributed by atoms with Crippen LogP contribution >= 0.6 is 0 Å². The number of benzene rings is 2. The number of hydrogen-bond acceptors (Lipinski definition) is 3. The van der Waals surface area contributed by atoms with E-state index in [0.29, 0.717) is 18.8 Å². The third-order valence-corrected chi connectivity index (χ3v) is 5.43. The molecule has 154 valence electrons. The van der Waals surface area contributed by atoms with Gasteiger partial charge in [-0.1, -0.05) is 42.5 Å². The second-order valence-electron chi connectivity index (χ2n) is 7.80. The SMILES string of the molecule is O=C(O)CCC[C@H](O)/C=C/c1c(C2CC2)nc2ccccc2c1-c1ccc(F)cc1. The van der Waals surface area contributed by atoms with Crippen LogP contribution in [0, 0.1) is 5.82 Å². The van der Waals surface area contributed by atoms with E-state index in [4.69, 9.17) is 10.1 Å². The highest BCUT2D eigenvalue weighted by Crippen LogP contribution is 2.45. The largest absolute Gasteiger partial charge is 0.481 e. The lowest BCUT2D eigenvalue weighted by Crippen LogP contribution is -2.04. The molecule has 0 aliphatic heterocycles. The molecular weight excluding hydrogens is 381 g/mol. The van der Waals surface area contributed by atoms with Crippen LogP contribution in [-0.4, -0.2) is 27.3 Å². The Balaban J connectivity index is 1.79. The number of carbonyl (C=O) groups is 1. The summed E-state index contributed by atoms with van der Waals surface area (Å²) >= 11 is 0. The number of carboxylic acids is 1. The molecule has 0 amide bonds. The summed E-state index contributed by atoms with van der Waals surface area (Å²) in [6, 6.07) is 14.4. The quantitative estimate of drug-likeness (QED) is 0.516. The van der Waals surface area contributed by atoms with Gasteiger partial charge in [-0.15, -0.1) is 0 Å². The Labute approximate surface area is 174 Å². The Kier molecular flexibility index (Phi) is 5.91. The minimum atomic E-state index is -0.862. The number of fused-ring (bicyclic) bond motifs is 1. The van der Waals surface area contributed by atoms with E-state index in [-0.39, 0.29) is 12.2 Å². The first kappa shape index (κ1) is 20.2. The van der Waals surface area contributed by atoms with Crippen LogP contribution in [0.2, 0.25) is 0 Å². The number of halogens is 1. The number of rotatable bonds is 8. The van der Waals surface area contributed by atoms with Crippen molar-refractivity contribution in [1.82, 2.24) is 4.98 Å². The van der Waals surface area contributed by atoms with E-state index in [9.17, 15) is 14.3 Å². The maximum Gasteiger partial charge on any atom is 0.303 e. The normalized spacial score (nSPS) is 15.0. The average Bonchev–Trinajstić information content (AvgIpc) is 3.57. The number of aromatic nitrogens is 1. The molecule has 3 aromatic rings. The van der Waals surface area contributed by atoms with Crippen molar-refractivity contribution in [1.29, 1.82) is 0 Å². The van der Waals surface area contributed by atoms with Crippen molar-refractivity contribution < 1.29 is 19.4 Å². The fourth-order valence-corrected chi connectivity index (χ4v) is 3.78. The molecule has 4 nitrogen and oxygen atoms in total. The molecule has 2 aromatic carbocycles. The lowest BCUT2D eigenvalue weighted by molar-refractivity contribution is -0.137. The second-order valence-corrected chi connectivity index (χ2v) is 7.80. The van der Waals surface area contributed by atoms with E-state index in [1.54, 1.807) is 18.2 Å². The van der Waals surface area contributed by atoms with Crippen LogP contribution in [-0.2, 0) is 4.79 Å². The van der Waals surface area contributed by atoms with Gasteiger partial charge in [-0.2, -0.15) is 0 Å². The molecule has 5 heteroatoms. The van der Waals surface area contributed by atoms with Gasteiger partial charge < -0.3 is 10.2 Å². The van der Waals surface area contributed by atoms with Crippen molar-refractivity contribution in [2.75, 3.05) is 0 Å². The maximum absolute atomic E-state index is 13.6. The minimum absolute atomic E-state index is 0.0383. The van der Waals surface area contributed by atoms with Crippen LogP contribution in [0.4, 0.5) is 4.39 Å². The van der Waals surface area contributed by atoms with E-state index in [1.165, 1.54) is 12.1 Å². The van der Waals surface area contributed by atoms with Gasteiger partial charge >= 0.3 is 5.97 Å². The van der Waals surface area contributed by atoms with Crippen LogP contribution in [0.1, 0.15) is 49.3 Å². The third kappa shape index (κ3) is 4.57. The molecule has 1 atom stereocenters. The van der Waals surface area contributed by atoms with Crippen molar-refractivity contribution in [3.05, 3.63) is 71.7 Å². The number of pyridine rings is 1. The van der Waals surface area contributed by atoms with Crippen LogP contribution in [0.15, 0.2) is 54.6 Å². The molecule has 1 heterocycles. The Morgan fingerprint density at radius 1 is 1.17 bits per heavy atom. The highest BCUT2D eigenvalue weighted by atomic mass is 19.1. The number of para-hydroxylation sites is 1. The van der Waals surface area contributed by atoms with E-state index in [0.717, 1.165) is 46.1 Å².